The average Bonchev–Trinajstić information content (AvgIpc) is 2.71. The minimum Gasteiger partial charge on any atom is -0.481 e. The zero-order valence-electron chi connectivity index (χ0n) is 8.48. The van der Waals surface area contributed by atoms with Crippen molar-refractivity contribution in [2.75, 3.05) is 0 Å². The molecule has 0 radical (unpaired) electrons. The highest BCUT2D eigenvalue weighted by molar-refractivity contribution is 7.07. The summed E-state index contributed by atoms with van der Waals surface area (Å²) in [5.41, 5.74) is 0.591. The first-order valence-electron chi connectivity index (χ1n) is 5.12. The van der Waals surface area contributed by atoms with E-state index in [1.165, 1.54) is 0 Å². The van der Waals surface area contributed by atoms with Crippen molar-refractivity contribution in [2.24, 2.45) is 5.41 Å². The average molecular weight is 222 g/mol. The number of hydrogen-bond donors (Lipinski definition) is 1. The van der Waals surface area contributed by atoms with E-state index in [4.69, 9.17) is 0 Å². The lowest BCUT2D eigenvalue weighted by Crippen LogP contribution is -2.34. The number of allylic oxidation sites excluding steroid dienone is 2. The summed E-state index contributed by atoms with van der Waals surface area (Å²) in [7, 11) is 0. The van der Waals surface area contributed by atoms with Crippen LogP contribution in [-0.2, 0) is 11.2 Å². The van der Waals surface area contributed by atoms with Gasteiger partial charge in [-0.1, -0.05) is 12.2 Å². The predicted molar refractivity (Wildman–Crippen MR) is 61.1 cm³/mol. The molecule has 1 N–H and O–H groups in total. The second kappa shape index (κ2) is 4.19. The largest absolute Gasteiger partial charge is 0.481 e. The van der Waals surface area contributed by atoms with Crippen molar-refractivity contribution < 1.29 is 9.90 Å². The first kappa shape index (κ1) is 10.4. The maximum atomic E-state index is 11.4. The molecule has 0 saturated heterocycles. The molecule has 3 heteroatoms. The van der Waals surface area contributed by atoms with Crippen LogP contribution < -0.4 is 0 Å². The van der Waals surface area contributed by atoms with Gasteiger partial charge in [0.2, 0.25) is 0 Å². The van der Waals surface area contributed by atoms with Gasteiger partial charge in [-0.15, -0.1) is 0 Å². The van der Waals surface area contributed by atoms with E-state index in [1.54, 1.807) is 11.3 Å². The SMILES string of the molecule is O=C(O)C1(Cc2ccsc2)CC=CCC1. The van der Waals surface area contributed by atoms with Crippen molar-refractivity contribution in [1.82, 2.24) is 0 Å². The Morgan fingerprint density at radius 1 is 1.53 bits per heavy atom. The molecule has 0 aromatic carbocycles. The third kappa shape index (κ3) is 2.12. The van der Waals surface area contributed by atoms with E-state index in [2.05, 4.69) is 6.08 Å². The third-order valence-electron chi connectivity index (χ3n) is 3.04. The molecule has 1 aromatic rings. The van der Waals surface area contributed by atoms with Gasteiger partial charge in [-0.25, -0.2) is 0 Å². The summed E-state index contributed by atoms with van der Waals surface area (Å²) < 4.78 is 0. The van der Waals surface area contributed by atoms with E-state index >= 15 is 0 Å². The first-order valence-corrected chi connectivity index (χ1v) is 6.07. The normalized spacial score (nSPS) is 25.3. The summed E-state index contributed by atoms with van der Waals surface area (Å²) in [6.45, 7) is 0. The summed E-state index contributed by atoms with van der Waals surface area (Å²) in [5.74, 6) is -0.655. The van der Waals surface area contributed by atoms with Crippen LogP contribution in [-0.4, -0.2) is 11.1 Å². The molecular formula is C12H14O2S. The molecule has 2 nitrogen and oxygen atoms in total. The van der Waals surface area contributed by atoms with Gasteiger partial charge in [-0.05, 0) is 48.1 Å². The first-order chi connectivity index (χ1) is 7.23. The van der Waals surface area contributed by atoms with E-state index in [0.717, 1.165) is 18.4 Å². The highest BCUT2D eigenvalue weighted by Gasteiger charge is 2.38. The van der Waals surface area contributed by atoms with Gasteiger partial charge in [-0.2, -0.15) is 11.3 Å². The monoisotopic (exact) mass is 222 g/mol. The Morgan fingerprint density at radius 2 is 2.40 bits per heavy atom. The molecule has 1 unspecified atom stereocenters. The van der Waals surface area contributed by atoms with E-state index in [-0.39, 0.29) is 0 Å². The summed E-state index contributed by atoms with van der Waals surface area (Å²) in [6.07, 6.45) is 7.05. The number of thiophene rings is 1. The number of hydrogen-bond acceptors (Lipinski definition) is 2. The molecule has 1 atom stereocenters. The molecule has 0 spiro atoms. The van der Waals surface area contributed by atoms with Crippen LogP contribution in [0.1, 0.15) is 24.8 Å². The Morgan fingerprint density at radius 3 is 2.93 bits per heavy atom. The topological polar surface area (TPSA) is 37.3 Å². The lowest BCUT2D eigenvalue weighted by Gasteiger charge is -2.30. The zero-order valence-corrected chi connectivity index (χ0v) is 9.30. The van der Waals surface area contributed by atoms with Crippen molar-refractivity contribution in [3.63, 3.8) is 0 Å². The van der Waals surface area contributed by atoms with E-state index in [0.29, 0.717) is 12.8 Å². The molecule has 15 heavy (non-hydrogen) atoms. The zero-order chi connectivity index (χ0) is 10.7. The van der Waals surface area contributed by atoms with Gasteiger partial charge in [0.25, 0.3) is 0 Å². The minimum atomic E-state index is -0.655. The molecular weight excluding hydrogens is 208 g/mol. The fourth-order valence-electron chi connectivity index (χ4n) is 2.10. The van der Waals surface area contributed by atoms with Gasteiger partial charge in [0, 0.05) is 0 Å². The maximum Gasteiger partial charge on any atom is 0.310 e. The van der Waals surface area contributed by atoms with Crippen molar-refractivity contribution in [1.29, 1.82) is 0 Å². The Balaban J connectivity index is 2.20. The quantitative estimate of drug-likeness (QED) is 0.798. The highest BCUT2D eigenvalue weighted by Crippen LogP contribution is 2.36. The van der Waals surface area contributed by atoms with Gasteiger partial charge in [-0.3, -0.25) is 4.79 Å². The van der Waals surface area contributed by atoms with E-state index in [1.807, 2.05) is 22.9 Å². The van der Waals surface area contributed by atoms with Crippen molar-refractivity contribution in [2.45, 2.75) is 25.7 Å². The van der Waals surface area contributed by atoms with Gasteiger partial charge in [0.15, 0.2) is 0 Å². The standard InChI is InChI=1S/C12H14O2S/c13-11(14)12(5-2-1-3-6-12)8-10-4-7-15-9-10/h1-2,4,7,9H,3,5-6,8H2,(H,13,14). The van der Waals surface area contributed by atoms with E-state index in [9.17, 15) is 9.90 Å². The van der Waals surface area contributed by atoms with Gasteiger partial charge < -0.3 is 5.11 Å². The number of carboxylic acid groups (broad SMARTS) is 1. The molecule has 1 aliphatic rings. The number of carbonyl (C=O) groups is 1. The Kier molecular flexibility index (Phi) is 2.91. The summed E-state index contributed by atoms with van der Waals surface area (Å²) in [6, 6.07) is 2.02. The lowest BCUT2D eigenvalue weighted by molar-refractivity contribution is -0.149. The summed E-state index contributed by atoms with van der Waals surface area (Å²) in [4.78, 5) is 11.4. The molecule has 80 valence electrons. The number of aliphatic carboxylic acids is 1. The molecule has 0 fully saturated rings. The van der Waals surface area contributed by atoms with Crippen LogP contribution >= 0.6 is 11.3 Å². The maximum absolute atomic E-state index is 11.4. The van der Waals surface area contributed by atoms with Gasteiger partial charge in [0.1, 0.15) is 0 Å². The lowest BCUT2D eigenvalue weighted by atomic mass is 9.73. The molecule has 0 bridgehead atoms. The summed E-state index contributed by atoms with van der Waals surface area (Å²) >= 11 is 1.63. The third-order valence-corrected chi connectivity index (χ3v) is 3.77. The van der Waals surface area contributed by atoms with Crippen LogP contribution in [0.25, 0.3) is 0 Å². The van der Waals surface area contributed by atoms with Crippen molar-refractivity contribution in [3.05, 3.63) is 34.5 Å². The molecule has 1 heterocycles. The highest BCUT2D eigenvalue weighted by atomic mass is 32.1. The number of rotatable bonds is 3. The van der Waals surface area contributed by atoms with Crippen LogP contribution in [0.15, 0.2) is 29.0 Å². The van der Waals surface area contributed by atoms with Crippen molar-refractivity contribution in [3.8, 4) is 0 Å². The van der Waals surface area contributed by atoms with Crippen LogP contribution in [0.2, 0.25) is 0 Å². The second-order valence-corrected chi connectivity index (χ2v) is 4.89. The van der Waals surface area contributed by atoms with E-state index < -0.39 is 11.4 Å². The van der Waals surface area contributed by atoms with Crippen LogP contribution in [0.4, 0.5) is 0 Å². The molecule has 0 saturated carbocycles. The molecule has 2 rings (SSSR count). The molecule has 0 amide bonds. The molecule has 0 aliphatic heterocycles. The molecule has 1 aliphatic carbocycles. The summed E-state index contributed by atoms with van der Waals surface area (Å²) in [5, 5.41) is 13.4. The Hall–Kier alpha value is -1.09. The Bertz CT molecular complexity index is 367. The fraction of sp³-hybridized carbons (Fsp3) is 0.417. The molecule has 1 aromatic heterocycles. The second-order valence-electron chi connectivity index (χ2n) is 4.11. The van der Waals surface area contributed by atoms with Gasteiger partial charge in [0.05, 0.1) is 5.41 Å². The van der Waals surface area contributed by atoms with Crippen LogP contribution in [0.3, 0.4) is 0 Å². The Labute approximate surface area is 93.3 Å². The number of carboxylic acids is 1. The van der Waals surface area contributed by atoms with Crippen molar-refractivity contribution >= 4 is 17.3 Å². The fourth-order valence-corrected chi connectivity index (χ4v) is 2.77. The smallest absolute Gasteiger partial charge is 0.310 e. The van der Waals surface area contributed by atoms with Crippen LogP contribution in [0, 0.1) is 5.41 Å². The van der Waals surface area contributed by atoms with Crippen LogP contribution in [0.5, 0.6) is 0 Å². The predicted octanol–water partition coefficient (Wildman–Crippen LogP) is 3.10. The minimum absolute atomic E-state index is 0.560. The van der Waals surface area contributed by atoms with Gasteiger partial charge >= 0.3 is 5.97 Å².